The maximum absolute atomic E-state index is 13.5. The summed E-state index contributed by atoms with van der Waals surface area (Å²) in [4.78, 5) is 0.289. The Morgan fingerprint density at radius 1 is 0.889 bits per heavy atom. The number of sulfonamides is 1. The summed E-state index contributed by atoms with van der Waals surface area (Å²) in [5.41, 5.74) is 3.54. The van der Waals surface area contributed by atoms with Crippen LogP contribution in [0.25, 0.3) is 0 Å². The van der Waals surface area contributed by atoms with Crippen LogP contribution in [0.5, 0.6) is 0 Å². The fraction of sp³-hybridized carbons (Fsp3) is 0.182. The zero-order chi connectivity index (χ0) is 18.9. The summed E-state index contributed by atoms with van der Waals surface area (Å²) >= 11 is 0. The van der Waals surface area contributed by atoms with Crippen LogP contribution in [0, 0.1) is 6.92 Å². The van der Waals surface area contributed by atoms with E-state index in [0.717, 1.165) is 16.7 Å². The summed E-state index contributed by atoms with van der Waals surface area (Å²) in [6, 6.07) is 24.3. The smallest absolute Gasteiger partial charge is 0.264 e. The van der Waals surface area contributed by atoms with E-state index in [0.29, 0.717) is 12.3 Å². The number of fused-ring (bicyclic) bond motifs is 1. The van der Waals surface area contributed by atoms with E-state index in [1.54, 1.807) is 12.1 Å². The fourth-order valence-corrected chi connectivity index (χ4v) is 4.81. The third kappa shape index (κ3) is 3.48. The van der Waals surface area contributed by atoms with Crippen molar-refractivity contribution in [3.63, 3.8) is 0 Å². The summed E-state index contributed by atoms with van der Waals surface area (Å²) in [6.45, 7) is 2.55. The molecule has 0 aromatic heterocycles. The van der Waals surface area contributed by atoms with Crippen molar-refractivity contribution < 1.29 is 13.2 Å². The first kappa shape index (κ1) is 17.8. The average molecular weight is 379 g/mol. The summed E-state index contributed by atoms with van der Waals surface area (Å²) in [5, 5.41) is 0. The third-order valence-electron chi connectivity index (χ3n) is 4.81. The molecule has 0 radical (unpaired) electrons. The number of rotatable bonds is 3. The molecule has 0 spiro atoms. The Kier molecular flexibility index (Phi) is 4.72. The van der Waals surface area contributed by atoms with Gasteiger partial charge in [0.2, 0.25) is 0 Å². The van der Waals surface area contributed by atoms with Crippen molar-refractivity contribution in [1.82, 2.24) is 0 Å². The second kappa shape index (κ2) is 7.18. The van der Waals surface area contributed by atoms with Gasteiger partial charge in [-0.15, -0.1) is 0 Å². The third-order valence-corrected chi connectivity index (χ3v) is 6.61. The van der Waals surface area contributed by atoms with Gasteiger partial charge in [-0.05, 0) is 30.7 Å². The molecule has 1 heterocycles. The second-order valence-corrected chi connectivity index (χ2v) is 8.55. The number of aryl methyl sites for hydroxylation is 1. The SMILES string of the molecule is Cc1ccc(S(=O)(=O)N2CC(c3ccccc3)OCc3ccccc32)cc1. The van der Waals surface area contributed by atoms with E-state index >= 15 is 0 Å². The molecule has 1 atom stereocenters. The van der Waals surface area contributed by atoms with Crippen LogP contribution in [0.1, 0.15) is 22.8 Å². The van der Waals surface area contributed by atoms with E-state index in [1.807, 2.05) is 73.7 Å². The van der Waals surface area contributed by atoms with E-state index in [-0.39, 0.29) is 17.5 Å². The highest BCUT2D eigenvalue weighted by molar-refractivity contribution is 7.92. The Hall–Kier alpha value is -2.63. The van der Waals surface area contributed by atoms with Crippen LogP contribution in [0.2, 0.25) is 0 Å². The highest BCUT2D eigenvalue weighted by Gasteiger charge is 2.32. The van der Waals surface area contributed by atoms with Gasteiger partial charge in [0.25, 0.3) is 10.0 Å². The lowest BCUT2D eigenvalue weighted by molar-refractivity contribution is 0.0508. The minimum atomic E-state index is -3.70. The van der Waals surface area contributed by atoms with Gasteiger partial charge in [-0.2, -0.15) is 0 Å². The number of hydrogen-bond acceptors (Lipinski definition) is 3. The molecule has 3 aromatic carbocycles. The van der Waals surface area contributed by atoms with Gasteiger partial charge in [-0.25, -0.2) is 8.42 Å². The summed E-state index contributed by atoms with van der Waals surface area (Å²) in [6.07, 6.45) is -0.334. The van der Waals surface area contributed by atoms with Crippen molar-refractivity contribution >= 4 is 15.7 Å². The first-order valence-corrected chi connectivity index (χ1v) is 10.3. The first-order valence-electron chi connectivity index (χ1n) is 8.89. The number of para-hydroxylation sites is 1. The van der Waals surface area contributed by atoms with Crippen molar-refractivity contribution in [2.24, 2.45) is 0 Å². The Morgan fingerprint density at radius 2 is 1.56 bits per heavy atom. The van der Waals surface area contributed by atoms with E-state index in [4.69, 9.17) is 4.74 Å². The maximum Gasteiger partial charge on any atom is 0.264 e. The summed E-state index contributed by atoms with van der Waals surface area (Å²) < 4.78 is 34.5. The topological polar surface area (TPSA) is 46.6 Å². The van der Waals surface area contributed by atoms with Gasteiger partial charge < -0.3 is 4.74 Å². The Bertz CT molecular complexity index is 1030. The minimum Gasteiger partial charge on any atom is -0.367 e. The van der Waals surface area contributed by atoms with Gasteiger partial charge in [0.15, 0.2) is 0 Å². The van der Waals surface area contributed by atoms with Crippen LogP contribution in [-0.4, -0.2) is 15.0 Å². The molecule has 3 aromatic rings. The molecule has 0 fully saturated rings. The Morgan fingerprint density at radius 3 is 2.30 bits per heavy atom. The highest BCUT2D eigenvalue weighted by Crippen LogP contribution is 2.35. The summed E-state index contributed by atoms with van der Waals surface area (Å²) in [7, 11) is -3.70. The monoisotopic (exact) mass is 379 g/mol. The molecule has 1 aliphatic heterocycles. The number of anilines is 1. The van der Waals surface area contributed by atoms with E-state index in [1.165, 1.54) is 4.31 Å². The molecule has 0 aliphatic carbocycles. The summed E-state index contributed by atoms with van der Waals surface area (Å²) in [5.74, 6) is 0. The largest absolute Gasteiger partial charge is 0.367 e. The Balaban J connectivity index is 1.80. The first-order chi connectivity index (χ1) is 13.1. The van der Waals surface area contributed by atoms with Crippen molar-refractivity contribution in [3.05, 3.63) is 95.6 Å². The number of benzene rings is 3. The van der Waals surface area contributed by atoms with Crippen molar-refractivity contribution in [3.8, 4) is 0 Å². The zero-order valence-electron chi connectivity index (χ0n) is 15.1. The molecule has 138 valence electrons. The number of ether oxygens (including phenoxy) is 1. The average Bonchev–Trinajstić information content (AvgIpc) is 2.89. The molecule has 4 rings (SSSR count). The molecular formula is C22H21NO3S. The molecule has 0 bridgehead atoms. The number of nitrogens with zero attached hydrogens (tertiary/aromatic N) is 1. The normalized spacial score (nSPS) is 17.2. The van der Waals surface area contributed by atoms with Crippen molar-refractivity contribution in [2.75, 3.05) is 10.8 Å². The van der Waals surface area contributed by atoms with E-state index in [9.17, 15) is 8.42 Å². The molecule has 0 amide bonds. The molecule has 1 aliphatic rings. The number of hydrogen-bond donors (Lipinski definition) is 0. The lowest BCUT2D eigenvalue weighted by Gasteiger charge is -2.27. The molecular weight excluding hydrogens is 358 g/mol. The molecule has 27 heavy (non-hydrogen) atoms. The predicted molar refractivity (Wildman–Crippen MR) is 106 cm³/mol. The van der Waals surface area contributed by atoms with Gasteiger partial charge in [0, 0.05) is 5.56 Å². The predicted octanol–water partition coefficient (Wildman–Crippen LogP) is 4.46. The fourth-order valence-electron chi connectivity index (χ4n) is 3.30. The quantitative estimate of drug-likeness (QED) is 0.675. The van der Waals surface area contributed by atoms with Crippen molar-refractivity contribution in [2.45, 2.75) is 24.5 Å². The molecule has 1 unspecified atom stereocenters. The lowest BCUT2D eigenvalue weighted by Crippen LogP contribution is -2.34. The van der Waals surface area contributed by atoms with Gasteiger partial charge in [-0.1, -0.05) is 66.2 Å². The van der Waals surface area contributed by atoms with Crippen LogP contribution in [0.3, 0.4) is 0 Å². The van der Waals surface area contributed by atoms with Gasteiger partial charge >= 0.3 is 0 Å². The highest BCUT2D eigenvalue weighted by atomic mass is 32.2. The van der Waals surface area contributed by atoms with Crippen LogP contribution in [-0.2, 0) is 21.4 Å². The van der Waals surface area contributed by atoms with Crippen LogP contribution in [0.15, 0.2) is 83.8 Å². The molecule has 0 saturated carbocycles. The molecule has 5 heteroatoms. The van der Waals surface area contributed by atoms with Crippen molar-refractivity contribution in [1.29, 1.82) is 0 Å². The molecule has 0 N–H and O–H groups in total. The standard InChI is InChI=1S/C22H21NO3S/c1-17-11-13-20(14-12-17)27(24,25)23-15-22(18-7-3-2-4-8-18)26-16-19-9-5-6-10-21(19)23/h2-14,22H,15-16H2,1H3. The van der Waals surface area contributed by atoms with E-state index < -0.39 is 10.0 Å². The lowest BCUT2D eigenvalue weighted by atomic mass is 10.1. The van der Waals surface area contributed by atoms with Crippen LogP contribution in [0.4, 0.5) is 5.69 Å². The van der Waals surface area contributed by atoms with Crippen LogP contribution < -0.4 is 4.31 Å². The van der Waals surface area contributed by atoms with Gasteiger partial charge in [-0.3, -0.25) is 4.31 Å². The van der Waals surface area contributed by atoms with E-state index in [2.05, 4.69) is 0 Å². The second-order valence-electron chi connectivity index (χ2n) is 6.69. The van der Waals surface area contributed by atoms with Gasteiger partial charge in [0.1, 0.15) is 6.10 Å². The zero-order valence-corrected chi connectivity index (χ0v) is 15.9. The molecule has 0 saturated heterocycles. The maximum atomic E-state index is 13.5. The Labute approximate surface area is 160 Å². The molecule has 4 nitrogen and oxygen atoms in total. The van der Waals surface area contributed by atoms with Crippen LogP contribution >= 0.6 is 0 Å². The van der Waals surface area contributed by atoms with Gasteiger partial charge in [0.05, 0.1) is 23.7 Å². The minimum absolute atomic E-state index is 0.233.